The summed E-state index contributed by atoms with van der Waals surface area (Å²) in [6.07, 6.45) is 5.80. The smallest absolute Gasteiger partial charge is 0.286 e. The van der Waals surface area contributed by atoms with Crippen LogP contribution in [0.5, 0.6) is 0 Å². The van der Waals surface area contributed by atoms with Gasteiger partial charge in [-0.05, 0) is 48.6 Å². The fourth-order valence-electron chi connectivity index (χ4n) is 5.79. The summed E-state index contributed by atoms with van der Waals surface area (Å²) in [5.74, 6) is -0.853. The highest BCUT2D eigenvalue weighted by atomic mass is 32.2. The molecule has 1 unspecified atom stereocenters. The average molecular weight is 562 g/mol. The Bertz CT molecular complexity index is 1890. The predicted molar refractivity (Wildman–Crippen MR) is 147 cm³/mol. The number of halogens is 1. The topological polar surface area (TPSA) is 108 Å². The summed E-state index contributed by atoms with van der Waals surface area (Å²) in [4.78, 5) is 13.1. The lowest BCUT2D eigenvalue weighted by Crippen LogP contribution is -2.36. The van der Waals surface area contributed by atoms with Crippen LogP contribution in [0.25, 0.3) is 16.6 Å². The Morgan fingerprint density at radius 2 is 1.82 bits per heavy atom. The molecule has 1 atom stereocenters. The van der Waals surface area contributed by atoms with Crippen LogP contribution in [0.1, 0.15) is 23.1 Å². The highest BCUT2D eigenvalue weighted by Gasteiger charge is 2.45. The minimum absolute atomic E-state index is 0.0662. The second-order valence-electron chi connectivity index (χ2n) is 10.4. The van der Waals surface area contributed by atoms with E-state index in [0.29, 0.717) is 25.1 Å². The van der Waals surface area contributed by atoms with E-state index in [1.807, 2.05) is 31.2 Å². The van der Waals surface area contributed by atoms with Crippen LogP contribution in [-0.2, 0) is 36.0 Å². The Balaban J connectivity index is 1.45. The zero-order valence-electron chi connectivity index (χ0n) is 22.3. The van der Waals surface area contributed by atoms with E-state index < -0.39 is 26.8 Å². The van der Waals surface area contributed by atoms with Crippen LogP contribution < -0.4 is 5.56 Å². The molecule has 206 valence electrons. The monoisotopic (exact) mass is 561 g/mol. The molecule has 1 aliphatic heterocycles. The van der Waals surface area contributed by atoms with Crippen molar-refractivity contribution >= 4 is 20.9 Å². The lowest BCUT2D eigenvalue weighted by Gasteiger charge is -2.32. The molecule has 40 heavy (non-hydrogen) atoms. The summed E-state index contributed by atoms with van der Waals surface area (Å²) < 4.78 is 45.6. The third kappa shape index (κ3) is 4.33. The van der Waals surface area contributed by atoms with Gasteiger partial charge in [-0.25, -0.2) is 17.5 Å². The maximum absolute atomic E-state index is 14.3. The second-order valence-corrected chi connectivity index (χ2v) is 12.3. The van der Waals surface area contributed by atoms with Crippen molar-refractivity contribution in [3.05, 3.63) is 100.0 Å². The number of aromatic nitrogens is 6. The summed E-state index contributed by atoms with van der Waals surface area (Å²) in [7, 11) is -0.743. The maximum Gasteiger partial charge on any atom is 0.286 e. The van der Waals surface area contributed by atoms with Crippen LogP contribution in [0.3, 0.4) is 0 Å². The van der Waals surface area contributed by atoms with Gasteiger partial charge in [0.05, 0.1) is 23.6 Å². The number of pyridine rings is 1. The molecule has 5 aromatic rings. The third-order valence-electron chi connectivity index (χ3n) is 7.74. The number of fused-ring (bicyclic) bond motifs is 1. The summed E-state index contributed by atoms with van der Waals surface area (Å²) >= 11 is 0. The number of hydrogen-bond acceptors (Lipinski definition) is 6. The van der Waals surface area contributed by atoms with Gasteiger partial charge in [0.15, 0.2) is 5.82 Å². The van der Waals surface area contributed by atoms with E-state index in [-0.39, 0.29) is 11.6 Å². The maximum atomic E-state index is 14.3. The molecule has 0 saturated carbocycles. The fourth-order valence-corrected chi connectivity index (χ4v) is 7.20. The Labute approximate surface area is 230 Å². The van der Waals surface area contributed by atoms with E-state index in [9.17, 15) is 17.6 Å². The average Bonchev–Trinajstić information content (AvgIpc) is 3.66. The van der Waals surface area contributed by atoms with Gasteiger partial charge in [0.2, 0.25) is 5.03 Å². The van der Waals surface area contributed by atoms with Crippen molar-refractivity contribution in [1.29, 1.82) is 0 Å². The molecular weight excluding hydrogens is 533 g/mol. The zero-order valence-corrected chi connectivity index (χ0v) is 23.1. The van der Waals surface area contributed by atoms with Gasteiger partial charge in [-0.1, -0.05) is 30.3 Å². The molecule has 1 fully saturated rings. The van der Waals surface area contributed by atoms with E-state index in [0.717, 1.165) is 27.6 Å². The van der Waals surface area contributed by atoms with Crippen LogP contribution in [0, 0.1) is 12.7 Å². The second kappa shape index (κ2) is 9.49. The first kappa shape index (κ1) is 26.1. The Hall–Kier alpha value is -4.16. The van der Waals surface area contributed by atoms with Crippen molar-refractivity contribution < 1.29 is 12.8 Å². The van der Waals surface area contributed by atoms with Gasteiger partial charge in [-0.2, -0.15) is 19.3 Å². The minimum Gasteiger partial charge on any atom is -0.314 e. The molecule has 4 heterocycles. The molecule has 0 N–H and O–H groups in total. The van der Waals surface area contributed by atoms with Crippen LogP contribution in [-0.4, -0.2) is 55.2 Å². The van der Waals surface area contributed by atoms with Gasteiger partial charge in [0.25, 0.3) is 15.6 Å². The molecular formula is C28H28FN7O3S. The van der Waals surface area contributed by atoms with Crippen molar-refractivity contribution in [2.45, 2.75) is 30.2 Å². The van der Waals surface area contributed by atoms with Crippen LogP contribution in [0.15, 0.2) is 76.9 Å². The van der Waals surface area contributed by atoms with Crippen molar-refractivity contribution in [3.8, 4) is 5.69 Å². The number of nitrogens with zero attached hydrogens (tertiary/aromatic N) is 7. The van der Waals surface area contributed by atoms with Crippen LogP contribution in [0.2, 0.25) is 0 Å². The lowest BCUT2D eigenvalue weighted by atomic mass is 9.73. The summed E-state index contributed by atoms with van der Waals surface area (Å²) in [6, 6.07) is 15.3. The molecule has 12 heteroatoms. The van der Waals surface area contributed by atoms with E-state index in [1.165, 1.54) is 33.0 Å². The van der Waals surface area contributed by atoms with E-state index in [4.69, 9.17) is 0 Å². The lowest BCUT2D eigenvalue weighted by molar-refractivity contribution is 0.412. The molecule has 3 aromatic heterocycles. The molecule has 0 bridgehead atoms. The Morgan fingerprint density at radius 1 is 1.05 bits per heavy atom. The molecule has 0 amide bonds. The number of sulfonamides is 1. The van der Waals surface area contributed by atoms with Crippen molar-refractivity contribution in [1.82, 2.24) is 33.6 Å². The van der Waals surface area contributed by atoms with Gasteiger partial charge >= 0.3 is 0 Å². The zero-order chi connectivity index (χ0) is 28.2. The highest BCUT2D eigenvalue weighted by molar-refractivity contribution is 7.89. The molecule has 2 aromatic carbocycles. The molecule has 10 nitrogen and oxygen atoms in total. The van der Waals surface area contributed by atoms with Gasteiger partial charge in [0, 0.05) is 50.2 Å². The highest BCUT2D eigenvalue weighted by Crippen LogP contribution is 2.42. The van der Waals surface area contributed by atoms with E-state index in [1.54, 1.807) is 24.1 Å². The first-order valence-corrected chi connectivity index (χ1v) is 14.3. The van der Waals surface area contributed by atoms with E-state index in [2.05, 4.69) is 33.5 Å². The fraction of sp³-hybridized carbons (Fsp3) is 0.286. The number of benzene rings is 2. The van der Waals surface area contributed by atoms with Crippen molar-refractivity contribution in [3.63, 3.8) is 0 Å². The predicted octanol–water partition coefficient (Wildman–Crippen LogP) is 2.88. The Morgan fingerprint density at radius 3 is 2.52 bits per heavy atom. The van der Waals surface area contributed by atoms with Crippen molar-refractivity contribution in [2.75, 3.05) is 13.1 Å². The minimum atomic E-state index is -3.83. The Kier molecular flexibility index (Phi) is 6.19. The normalized spacial score (nSPS) is 18.1. The standard InChI is InChI=1S/C28H28FN7O3S/c1-19-11-25-21(15-31-36(25)22-13-24(29)27(37)33(2)17-22)12-23(19)28(14-20-7-5-4-6-8-20)9-10-35(18-28)40(38,39)26-16-30-34(3)32-26/h4-8,11-13,15-17H,9-10,14,18H2,1-3H3. The van der Waals surface area contributed by atoms with Crippen LogP contribution in [0.4, 0.5) is 4.39 Å². The number of hydrogen-bond donors (Lipinski definition) is 0. The van der Waals surface area contributed by atoms with Crippen molar-refractivity contribution in [2.24, 2.45) is 14.1 Å². The number of aryl methyl sites for hydroxylation is 3. The first-order chi connectivity index (χ1) is 19.1. The third-order valence-corrected chi connectivity index (χ3v) is 9.45. The molecule has 0 spiro atoms. The van der Waals surface area contributed by atoms with Gasteiger partial charge < -0.3 is 4.57 Å². The number of rotatable bonds is 6. The molecule has 6 rings (SSSR count). The molecule has 1 aliphatic rings. The van der Waals surface area contributed by atoms with Crippen LogP contribution >= 0.6 is 0 Å². The SMILES string of the molecule is Cc1cc2c(cnn2-c2cc(F)c(=O)n(C)c2)cc1C1(Cc2ccccc2)CCN(S(=O)(=O)c2cnn(C)n2)C1. The summed E-state index contributed by atoms with van der Waals surface area (Å²) in [5.41, 5.74) is 3.10. The molecule has 0 radical (unpaired) electrons. The summed E-state index contributed by atoms with van der Waals surface area (Å²) in [5, 5.41) is 13.3. The molecule has 0 aliphatic carbocycles. The summed E-state index contributed by atoms with van der Waals surface area (Å²) in [6.45, 7) is 2.63. The van der Waals surface area contributed by atoms with Gasteiger partial charge in [-0.15, -0.1) is 5.10 Å². The first-order valence-electron chi connectivity index (χ1n) is 12.8. The van der Waals surface area contributed by atoms with Gasteiger partial charge in [0.1, 0.15) is 0 Å². The van der Waals surface area contributed by atoms with Gasteiger partial charge in [-0.3, -0.25) is 4.79 Å². The largest absolute Gasteiger partial charge is 0.314 e. The molecule has 1 saturated heterocycles. The van der Waals surface area contributed by atoms with E-state index >= 15 is 0 Å². The quantitative estimate of drug-likeness (QED) is 0.316.